The van der Waals surface area contributed by atoms with Gasteiger partial charge in [-0.2, -0.15) is 4.37 Å². The molecule has 7 nitrogen and oxygen atoms in total. The van der Waals surface area contributed by atoms with Gasteiger partial charge in [-0.1, -0.05) is 0 Å². The van der Waals surface area contributed by atoms with Crippen LogP contribution in [0.4, 0.5) is 20.0 Å². The Morgan fingerprint density at radius 1 is 1.35 bits per heavy atom. The molecule has 2 aromatic rings. The van der Waals surface area contributed by atoms with Gasteiger partial charge in [0.2, 0.25) is 5.13 Å². The third kappa shape index (κ3) is 3.26. The zero-order chi connectivity index (χ0) is 14.7. The molecule has 1 aromatic carbocycles. The van der Waals surface area contributed by atoms with Crippen molar-refractivity contribution in [2.75, 3.05) is 10.6 Å². The third-order valence-corrected chi connectivity index (χ3v) is 2.93. The SMILES string of the molecule is Cc1nsc(NC(=O)Nc2ccc(C(=O)O)c(F)c2)n1. The molecule has 20 heavy (non-hydrogen) atoms. The zero-order valence-corrected chi connectivity index (χ0v) is 11.0. The molecule has 0 fully saturated rings. The molecule has 0 spiro atoms. The van der Waals surface area contributed by atoms with Gasteiger partial charge in [0.25, 0.3) is 0 Å². The lowest BCUT2D eigenvalue weighted by molar-refractivity contribution is 0.0692. The largest absolute Gasteiger partial charge is 0.478 e. The number of carboxylic acids is 1. The van der Waals surface area contributed by atoms with Crippen LogP contribution in [0, 0.1) is 12.7 Å². The number of benzene rings is 1. The van der Waals surface area contributed by atoms with Crippen LogP contribution in [0.25, 0.3) is 0 Å². The molecule has 9 heteroatoms. The Hall–Kier alpha value is -2.55. The maximum absolute atomic E-state index is 13.4. The Morgan fingerprint density at radius 2 is 2.10 bits per heavy atom. The van der Waals surface area contributed by atoms with Crippen LogP contribution in [0.5, 0.6) is 0 Å². The second-order valence-corrected chi connectivity index (χ2v) is 4.48. The standard InChI is InChI=1S/C11H9FN4O3S/c1-5-13-11(20-16-5)15-10(19)14-6-2-3-7(9(17)18)8(12)4-6/h2-4H,1H3,(H,17,18)(H2,13,14,15,16,19). The summed E-state index contributed by atoms with van der Waals surface area (Å²) in [7, 11) is 0. The van der Waals surface area contributed by atoms with Gasteiger partial charge in [0.15, 0.2) is 0 Å². The quantitative estimate of drug-likeness (QED) is 0.806. The molecular weight excluding hydrogens is 287 g/mol. The third-order valence-electron chi connectivity index (χ3n) is 2.21. The minimum Gasteiger partial charge on any atom is -0.478 e. The number of amides is 2. The van der Waals surface area contributed by atoms with Crippen molar-refractivity contribution in [1.82, 2.24) is 9.36 Å². The fourth-order valence-electron chi connectivity index (χ4n) is 1.37. The highest BCUT2D eigenvalue weighted by Gasteiger charge is 2.12. The Bertz CT molecular complexity index is 673. The average molecular weight is 296 g/mol. The molecular formula is C11H9FN4O3S. The first kappa shape index (κ1) is 13.9. The predicted molar refractivity (Wildman–Crippen MR) is 70.6 cm³/mol. The predicted octanol–water partition coefficient (Wildman–Crippen LogP) is 2.33. The molecule has 3 N–H and O–H groups in total. The topological polar surface area (TPSA) is 104 Å². The van der Waals surface area contributed by atoms with E-state index in [9.17, 15) is 14.0 Å². The number of carboxylic acid groups (broad SMARTS) is 1. The van der Waals surface area contributed by atoms with Crippen LogP contribution in [0.1, 0.15) is 16.2 Å². The maximum Gasteiger partial charge on any atom is 0.338 e. The van der Waals surface area contributed by atoms with Crippen molar-refractivity contribution < 1.29 is 19.1 Å². The van der Waals surface area contributed by atoms with E-state index in [0.717, 1.165) is 23.7 Å². The van der Waals surface area contributed by atoms with E-state index in [0.29, 0.717) is 11.0 Å². The van der Waals surface area contributed by atoms with E-state index in [2.05, 4.69) is 20.0 Å². The lowest BCUT2D eigenvalue weighted by atomic mass is 10.2. The highest BCUT2D eigenvalue weighted by atomic mass is 32.1. The first-order valence-corrected chi connectivity index (χ1v) is 6.14. The van der Waals surface area contributed by atoms with Crippen molar-refractivity contribution in [3.05, 3.63) is 35.4 Å². The monoisotopic (exact) mass is 296 g/mol. The Balaban J connectivity index is 2.04. The van der Waals surface area contributed by atoms with E-state index in [1.165, 1.54) is 6.07 Å². The molecule has 0 saturated carbocycles. The molecule has 0 atom stereocenters. The summed E-state index contributed by atoms with van der Waals surface area (Å²) in [6.45, 7) is 1.68. The summed E-state index contributed by atoms with van der Waals surface area (Å²) in [5.74, 6) is -1.77. The number of rotatable bonds is 3. The highest BCUT2D eigenvalue weighted by Crippen LogP contribution is 2.16. The number of halogens is 1. The van der Waals surface area contributed by atoms with Gasteiger partial charge in [0.1, 0.15) is 11.6 Å². The number of nitrogens with one attached hydrogen (secondary N) is 2. The Kier molecular flexibility index (Phi) is 3.89. The van der Waals surface area contributed by atoms with Crippen LogP contribution < -0.4 is 10.6 Å². The Labute approximate surface area is 116 Å². The van der Waals surface area contributed by atoms with Gasteiger partial charge in [-0.25, -0.2) is 19.0 Å². The van der Waals surface area contributed by atoms with E-state index >= 15 is 0 Å². The van der Waals surface area contributed by atoms with Crippen molar-refractivity contribution in [1.29, 1.82) is 0 Å². The summed E-state index contributed by atoms with van der Waals surface area (Å²) in [6.07, 6.45) is 0. The molecule has 104 valence electrons. The normalized spacial score (nSPS) is 10.1. The van der Waals surface area contributed by atoms with Gasteiger partial charge >= 0.3 is 12.0 Å². The number of aromatic nitrogens is 2. The smallest absolute Gasteiger partial charge is 0.338 e. The highest BCUT2D eigenvalue weighted by molar-refractivity contribution is 7.09. The lowest BCUT2D eigenvalue weighted by Crippen LogP contribution is -2.19. The molecule has 0 aliphatic carbocycles. The minimum absolute atomic E-state index is 0.131. The first-order valence-electron chi connectivity index (χ1n) is 5.37. The van der Waals surface area contributed by atoms with Crippen molar-refractivity contribution >= 4 is 34.4 Å². The maximum atomic E-state index is 13.4. The Morgan fingerprint density at radius 3 is 2.65 bits per heavy atom. The van der Waals surface area contributed by atoms with Gasteiger partial charge in [-0.05, 0) is 25.1 Å². The zero-order valence-electron chi connectivity index (χ0n) is 10.2. The van der Waals surface area contributed by atoms with Crippen LogP contribution in [0.3, 0.4) is 0 Å². The van der Waals surface area contributed by atoms with Gasteiger partial charge in [-0.15, -0.1) is 0 Å². The molecule has 0 aliphatic heterocycles. The number of carbonyl (C=O) groups excluding carboxylic acids is 1. The summed E-state index contributed by atoms with van der Waals surface area (Å²) in [4.78, 5) is 26.2. The van der Waals surface area contributed by atoms with Crippen LogP contribution in [-0.4, -0.2) is 26.5 Å². The van der Waals surface area contributed by atoms with Crippen LogP contribution in [0.2, 0.25) is 0 Å². The summed E-state index contributed by atoms with van der Waals surface area (Å²) < 4.78 is 17.3. The van der Waals surface area contributed by atoms with Crippen LogP contribution >= 0.6 is 11.5 Å². The number of nitrogens with zero attached hydrogens (tertiary/aromatic N) is 2. The number of hydrogen-bond acceptors (Lipinski definition) is 5. The van der Waals surface area contributed by atoms with Gasteiger partial charge in [-0.3, -0.25) is 5.32 Å². The fourth-order valence-corrected chi connectivity index (χ4v) is 1.94. The second-order valence-electron chi connectivity index (χ2n) is 3.73. The van der Waals surface area contributed by atoms with Gasteiger partial charge < -0.3 is 10.4 Å². The number of urea groups is 1. The van der Waals surface area contributed by atoms with Crippen molar-refractivity contribution in [2.45, 2.75) is 6.92 Å². The summed E-state index contributed by atoms with van der Waals surface area (Å²) in [5.41, 5.74) is -0.332. The van der Waals surface area contributed by atoms with Gasteiger partial charge in [0.05, 0.1) is 5.56 Å². The summed E-state index contributed by atoms with van der Waals surface area (Å²) >= 11 is 1.01. The van der Waals surface area contributed by atoms with Crippen molar-refractivity contribution in [2.24, 2.45) is 0 Å². The number of carbonyl (C=O) groups is 2. The second kappa shape index (κ2) is 5.61. The molecule has 0 bridgehead atoms. The average Bonchev–Trinajstić information content (AvgIpc) is 2.74. The molecule has 0 unspecified atom stereocenters. The minimum atomic E-state index is -1.37. The first-order chi connectivity index (χ1) is 9.45. The van der Waals surface area contributed by atoms with Gasteiger partial charge in [0, 0.05) is 17.2 Å². The van der Waals surface area contributed by atoms with E-state index in [-0.39, 0.29) is 5.69 Å². The fraction of sp³-hybridized carbons (Fsp3) is 0.0909. The van der Waals surface area contributed by atoms with Crippen LogP contribution in [0.15, 0.2) is 18.2 Å². The number of aromatic carboxylic acids is 1. The molecule has 1 heterocycles. The molecule has 1 aromatic heterocycles. The van der Waals surface area contributed by atoms with E-state index < -0.39 is 23.4 Å². The lowest BCUT2D eigenvalue weighted by Gasteiger charge is -2.06. The molecule has 0 aliphatic rings. The molecule has 0 radical (unpaired) electrons. The summed E-state index contributed by atoms with van der Waals surface area (Å²) in [5, 5.41) is 13.8. The molecule has 2 rings (SSSR count). The van der Waals surface area contributed by atoms with E-state index in [1.807, 2.05) is 0 Å². The number of aryl methyl sites for hydroxylation is 1. The summed E-state index contributed by atoms with van der Waals surface area (Å²) in [6, 6.07) is 2.66. The van der Waals surface area contributed by atoms with E-state index in [1.54, 1.807) is 6.92 Å². The van der Waals surface area contributed by atoms with Crippen LogP contribution in [-0.2, 0) is 0 Å². The molecule has 0 saturated heterocycles. The van der Waals surface area contributed by atoms with Crippen molar-refractivity contribution in [3.8, 4) is 0 Å². The molecule has 2 amide bonds. The number of anilines is 2. The van der Waals surface area contributed by atoms with E-state index in [4.69, 9.17) is 5.11 Å². The van der Waals surface area contributed by atoms with Crippen molar-refractivity contribution in [3.63, 3.8) is 0 Å². The number of hydrogen-bond donors (Lipinski definition) is 3.